The summed E-state index contributed by atoms with van der Waals surface area (Å²) >= 11 is 0. The number of methoxy groups -OCH3 is 1. The first-order chi connectivity index (χ1) is 12.9. The second kappa shape index (κ2) is 7.51. The van der Waals surface area contributed by atoms with Crippen LogP contribution in [0, 0.1) is 5.82 Å². The van der Waals surface area contributed by atoms with Crippen molar-refractivity contribution in [1.82, 2.24) is 9.88 Å². The first kappa shape index (κ1) is 19.1. The number of aromatic carboxylic acids is 1. The van der Waals surface area contributed by atoms with Crippen molar-refractivity contribution in [3.8, 4) is 5.75 Å². The Balaban J connectivity index is 2.33. The van der Waals surface area contributed by atoms with Gasteiger partial charge in [-0.25, -0.2) is 13.6 Å². The van der Waals surface area contributed by atoms with Crippen LogP contribution >= 0.6 is 0 Å². The van der Waals surface area contributed by atoms with Crippen molar-refractivity contribution in [1.29, 1.82) is 0 Å². The second-order valence-electron chi connectivity index (χ2n) is 6.42. The molecule has 0 amide bonds. The Bertz CT molecular complexity index is 945. The van der Waals surface area contributed by atoms with E-state index in [4.69, 9.17) is 4.74 Å². The van der Waals surface area contributed by atoms with Gasteiger partial charge in [-0.05, 0) is 19.5 Å². The SMILES string of the molecule is CNC1CCN(c2c(F)cc3c(=O)c(C(=O)O)cn(CCF)c3c2OC)C1. The number of alkyl halides is 1. The molecule has 9 heteroatoms. The number of rotatable bonds is 6. The standard InChI is InChI=1S/C18H21F2N3O4/c1-21-10-3-5-22(8-10)15-13(20)7-11-14(17(15)27-2)23(6-4-19)9-12(16(11)24)18(25)26/h7,9-10,21H,3-6,8H2,1-2H3,(H,25,26). The van der Waals surface area contributed by atoms with Crippen LogP contribution in [0.1, 0.15) is 16.8 Å². The van der Waals surface area contributed by atoms with E-state index in [1.54, 1.807) is 0 Å². The summed E-state index contributed by atoms with van der Waals surface area (Å²) in [5.74, 6) is -2.03. The van der Waals surface area contributed by atoms with Crippen molar-refractivity contribution < 1.29 is 23.4 Å². The molecule has 146 valence electrons. The predicted octanol–water partition coefficient (Wildman–Crippen LogP) is 1.61. The molecule has 2 aromatic rings. The van der Waals surface area contributed by atoms with E-state index in [1.807, 2.05) is 11.9 Å². The normalized spacial score (nSPS) is 16.9. The van der Waals surface area contributed by atoms with Gasteiger partial charge in [0.2, 0.25) is 5.43 Å². The number of nitrogens with zero attached hydrogens (tertiary/aromatic N) is 2. The van der Waals surface area contributed by atoms with Gasteiger partial charge in [-0.2, -0.15) is 0 Å². The lowest BCUT2D eigenvalue weighted by Gasteiger charge is -2.24. The zero-order valence-corrected chi connectivity index (χ0v) is 15.1. The fourth-order valence-corrected chi connectivity index (χ4v) is 3.60. The van der Waals surface area contributed by atoms with Crippen LogP contribution < -0.4 is 20.4 Å². The number of carboxylic acids is 1. The number of hydrogen-bond acceptors (Lipinski definition) is 5. The summed E-state index contributed by atoms with van der Waals surface area (Å²) in [7, 11) is 3.17. The highest BCUT2D eigenvalue weighted by Crippen LogP contribution is 2.39. The first-order valence-electron chi connectivity index (χ1n) is 8.58. The van der Waals surface area contributed by atoms with Gasteiger partial charge in [0, 0.05) is 25.3 Å². The number of pyridine rings is 1. The van der Waals surface area contributed by atoms with E-state index in [2.05, 4.69) is 5.32 Å². The monoisotopic (exact) mass is 381 g/mol. The number of fused-ring (bicyclic) bond motifs is 1. The molecule has 1 unspecified atom stereocenters. The van der Waals surface area contributed by atoms with Crippen molar-refractivity contribution >= 4 is 22.6 Å². The Labute approximate surface area is 154 Å². The number of nitrogens with one attached hydrogen (secondary N) is 1. The molecule has 2 heterocycles. The Morgan fingerprint density at radius 3 is 2.78 bits per heavy atom. The number of likely N-dealkylation sites (N-methyl/N-ethyl adjacent to an activating group) is 1. The summed E-state index contributed by atoms with van der Waals surface area (Å²) in [4.78, 5) is 25.7. The number of benzene rings is 1. The lowest BCUT2D eigenvalue weighted by atomic mass is 10.1. The van der Waals surface area contributed by atoms with Gasteiger partial charge in [-0.1, -0.05) is 0 Å². The largest absolute Gasteiger partial charge is 0.492 e. The second-order valence-corrected chi connectivity index (χ2v) is 6.42. The van der Waals surface area contributed by atoms with E-state index < -0.39 is 29.5 Å². The van der Waals surface area contributed by atoms with Crippen molar-refractivity contribution in [2.45, 2.75) is 19.0 Å². The highest BCUT2D eigenvalue weighted by atomic mass is 19.1. The maximum absolute atomic E-state index is 15.0. The summed E-state index contributed by atoms with van der Waals surface area (Å²) in [5, 5.41) is 12.2. The van der Waals surface area contributed by atoms with Crippen LogP contribution in [-0.4, -0.2) is 55.6 Å². The smallest absolute Gasteiger partial charge is 0.341 e. The molecule has 0 bridgehead atoms. The highest BCUT2D eigenvalue weighted by molar-refractivity contribution is 5.97. The molecule has 1 aliphatic heterocycles. The van der Waals surface area contributed by atoms with Gasteiger partial charge in [-0.3, -0.25) is 4.79 Å². The third-order valence-corrected chi connectivity index (χ3v) is 4.92. The quantitative estimate of drug-likeness (QED) is 0.791. The van der Waals surface area contributed by atoms with Crippen LogP contribution in [0.3, 0.4) is 0 Å². The lowest BCUT2D eigenvalue weighted by molar-refractivity contribution is 0.0694. The van der Waals surface area contributed by atoms with Crippen LogP contribution in [-0.2, 0) is 6.54 Å². The number of aromatic nitrogens is 1. The summed E-state index contributed by atoms with van der Waals surface area (Å²) in [6, 6.07) is 1.20. The van der Waals surface area contributed by atoms with E-state index in [1.165, 1.54) is 11.7 Å². The molecule has 3 rings (SSSR count). The minimum absolute atomic E-state index is 0.101. The number of halogens is 2. The zero-order valence-electron chi connectivity index (χ0n) is 15.1. The third-order valence-electron chi connectivity index (χ3n) is 4.92. The third kappa shape index (κ3) is 3.23. The molecule has 1 fully saturated rings. The fourth-order valence-electron chi connectivity index (χ4n) is 3.60. The predicted molar refractivity (Wildman–Crippen MR) is 97.3 cm³/mol. The molecule has 1 aromatic carbocycles. The van der Waals surface area contributed by atoms with Crippen molar-refractivity contribution in [2.75, 3.05) is 38.8 Å². The number of carboxylic acid groups (broad SMARTS) is 1. The van der Waals surface area contributed by atoms with Gasteiger partial charge in [0.25, 0.3) is 0 Å². The molecule has 0 spiro atoms. The van der Waals surface area contributed by atoms with Crippen LogP contribution in [0.4, 0.5) is 14.5 Å². The van der Waals surface area contributed by atoms with Gasteiger partial charge in [0.15, 0.2) is 11.6 Å². The van der Waals surface area contributed by atoms with E-state index in [0.29, 0.717) is 13.1 Å². The molecule has 1 aromatic heterocycles. The molecule has 0 saturated carbocycles. The average molecular weight is 381 g/mol. The molecule has 1 atom stereocenters. The van der Waals surface area contributed by atoms with E-state index in [-0.39, 0.29) is 34.9 Å². The van der Waals surface area contributed by atoms with E-state index >= 15 is 0 Å². The molecular weight excluding hydrogens is 360 g/mol. The molecule has 1 aliphatic rings. The highest BCUT2D eigenvalue weighted by Gasteiger charge is 2.29. The lowest BCUT2D eigenvalue weighted by Crippen LogP contribution is -2.30. The maximum atomic E-state index is 15.0. The van der Waals surface area contributed by atoms with Crippen LogP contribution in [0.25, 0.3) is 10.9 Å². The topological polar surface area (TPSA) is 83.8 Å². The van der Waals surface area contributed by atoms with Gasteiger partial charge in [-0.15, -0.1) is 0 Å². The first-order valence-corrected chi connectivity index (χ1v) is 8.58. The summed E-state index contributed by atoms with van der Waals surface area (Å²) in [5.41, 5.74) is -0.986. The Kier molecular flexibility index (Phi) is 5.31. The molecule has 1 saturated heterocycles. The van der Waals surface area contributed by atoms with Gasteiger partial charge < -0.3 is 24.6 Å². The van der Waals surface area contributed by atoms with Crippen molar-refractivity contribution in [3.63, 3.8) is 0 Å². The van der Waals surface area contributed by atoms with Crippen LogP contribution in [0.2, 0.25) is 0 Å². The molecule has 7 nitrogen and oxygen atoms in total. The van der Waals surface area contributed by atoms with Crippen molar-refractivity contribution in [2.24, 2.45) is 0 Å². The number of hydrogen-bond donors (Lipinski definition) is 2. The minimum Gasteiger partial charge on any atom is -0.492 e. The van der Waals surface area contributed by atoms with Gasteiger partial charge >= 0.3 is 5.97 Å². The molecule has 27 heavy (non-hydrogen) atoms. The molecule has 2 N–H and O–H groups in total. The van der Waals surface area contributed by atoms with E-state index in [9.17, 15) is 23.5 Å². The fraction of sp³-hybridized carbons (Fsp3) is 0.444. The minimum atomic E-state index is -1.45. The van der Waals surface area contributed by atoms with Gasteiger partial charge in [0.05, 0.1) is 24.6 Å². The zero-order chi connectivity index (χ0) is 19.7. The van der Waals surface area contributed by atoms with E-state index in [0.717, 1.165) is 18.7 Å². The Hall–Kier alpha value is -2.68. The number of carbonyl (C=O) groups is 1. The Morgan fingerprint density at radius 2 is 2.22 bits per heavy atom. The molecule has 0 aliphatic carbocycles. The number of anilines is 1. The summed E-state index contributed by atoms with van der Waals surface area (Å²) in [6.45, 7) is 0.177. The average Bonchev–Trinajstić information content (AvgIpc) is 3.11. The number of ether oxygens (including phenoxy) is 1. The van der Waals surface area contributed by atoms with Crippen LogP contribution in [0.15, 0.2) is 17.1 Å². The maximum Gasteiger partial charge on any atom is 0.341 e. The van der Waals surface area contributed by atoms with Gasteiger partial charge in [0.1, 0.15) is 17.9 Å². The number of aryl methyl sites for hydroxylation is 1. The Morgan fingerprint density at radius 1 is 1.48 bits per heavy atom. The molecular formula is C18H21F2N3O4. The van der Waals surface area contributed by atoms with Crippen LogP contribution in [0.5, 0.6) is 5.75 Å². The summed E-state index contributed by atoms with van der Waals surface area (Å²) < 4.78 is 34.8. The van der Waals surface area contributed by atoms with Crippen molar-refractivity contribution in [3.05, 3.63) is 33.9 Å². The summed E-state index contributed by atoms with van der Waals surface area (Å²) in [6.07, 6.45) is 1.89. The molecule has 0 radical (unpaired) electrons.